The summed E-state index contributed by atoms with van der Waals surface area (Å²) in [5.74, 6) is 0. The summed E-state index contributed by atoms with van der Waals surface area (Å²) >= 11 is 4.95. The molecule has 2 unspecified atom stereocenters. The Morgan fingerprint density at radius 1 is 1.75 bits per heavy atom. The number of H-pyrrole nitrogens is 1. The van der Waals surface area contributed by atoms with Crippen molar-refractivity contribution in [2.75, 3.05) is 6.61 Å². The molecule has 2 rings (SSSR count). The normalized spacial score (nSPS) is 34.2. The maximum absolute atomic E-state index is 11.0. The van der Waals surface area contributed by atoms with Crippen LogP contribution in [-0.4, -0.2) is 38.1 Å². The van der Waals surface area contributed by atoms with Gasteiger partial charge >= 0.3 is 0 Å². The van der Waals surface area contributed by atoms with Crippen LogP contribution >= 0.6 is 12.2 Å². The molecule has 3 N–H and O–H groups in total. The van der Waals surface area contributed by atoms with Crippen LogP contribution in [0.25, 0.3) is 0 Å². The van der Waals surface area contributed by atoms with E-state index in [9.17, 15) is 15.0 Å². The Morgan fingerprint density at radius 3 is 2.94 bits per heavy atom. The van der Waals surface area contributed by atoms with Crippen molar-refractivity contribution in [1.82, 2.24) is 9.55 Å². The van der Waals surface area contributed by atoms with Crippen LogP contribution in [0.1, 0.15) is 13.2 Å². The van der Waals surface area contributed by atoms with Gasteiger partial charge in [0.2, 0.25) is 0 Å². The van der Waals surface area contributed by atoms with Crippen molar-refractivity contribution in [3.63, 3.8) is 0 Å². The molecule has 2 heterocycles. The summed E-state index contributed by atoms with van der Waals surface area (Å²) in [5.41, 5.74) is -1.75. The van der Waals surface area contributed by atoms with Crippen molar-refractivity contribution in [1.29, 1.82) is 0 Å². The monoisotopic (exact) mass is 244 g/mol. The van der Waals surface area contributed by atoms with Gasteiger partial charge in [-0.05, 0) is 19.1 Å². The molecule has 16 heavy (non-hydrogen) atoms. The largest absolute Gasteiger partial charge is 0.388 e. The van der Waals surface area contributed by atoms with E-state index in [-0.39, 0.29) is 16.9 Å². The van der Waals surface area contributed by atoms with E-state index in [1.807, 2.05) is 0 Å². The summed E-state index contributed by atoms with van der Waals surface area (Å²) in [6.07, 6.45) is -0.351. The molecule has 88 valence electrons. The van der Waals surface area contributed by atoms with Crippen LogP contribution in [0.3, 0.4) is 0 Å². The van der Waals surface area contributed by atoms with Crippen LogP contribution in [0.5, 0.6) is 0 Å². The summed E-state index contributed by atoms with van der Waals surface area (Å²) in [6.45, 7) is 1.49. The third kappa shape index (κ3) is 1.71. The molecule has 0 aliphatic carbocycles. The smallest absolute Gasteiger partial charge is 0.251 e. The number of rotatable bonds is 1. The number of nitrogens with one attached hydrogen (secondary N) is 1. The van der Waals surface area contributed by atoms with Crippen molar-refractivity contribution >= 4 is 12.2 Å². The molecule has 6 nitrogen and oxygen atoms in total. The Balaban J connectivity index is 2.46. The zero-order chi connectivity index (χ0) is 11.9. The van der Waals surface area contributed by atoms with Gasteiger partial charge in [0.05, 0.1) is 6.61 Å². The highest BCUT2D eigenvalue weighted by Gasteiger charge is 2.47. The zero-order valence-corrected chi connectivity index (χ0v) is 9.40. The Morgan fingerprint density at radius 2 is 2.44 bits per heavy atom. The number of aromatic amines is 1. The van der Waals surface area contributed by atoms with E-state index in [0.717, 1.165) is 0 Å². The van der Waals surface area contributed by atoms with E-state index in [1.165, 1.54) is 23.8 Å². The van der Waals surface area contributed by atoms with Gasteiger partial charge in [-0.15, -0.1) is 0 Å². The number of aliphatic hydroxyl groups excluding tert-OH is 1. The minimum atomic E-state index is -1.43. The van der Waals surface area contributed by atoms with E-state index in [2.05, 4.69) is 4.98 Å². The van der Waals surface area contributed by atoms with Crippen molar-refractivity contribution in [3.8, 4) is 0 Å². The van der Waals surface area contributed by atoms with Crippen LogP contribution in [0.4, 0.5) is 0 Å². The molecule has 0 bridgehead atoms. The van der Waals surface area contributed by atoms with Gasteiger partial charge in [0.1, 0.15) is 11.7 Å². The lowest BCUT2D eigenvalue weighted by Gasteiger charge is -2.27. The fourth-order valence-corrected chi connectivity index (χ4v) is 1.92. The predicted molar refractivity (Wildman–Crippen MR) is 57.5 cm³/mol. The summed E-state index contributed by atoms with van der Waals surface area (Å²) in [4.78, 5) is 13.4. The van der Waals surface area contributed by atoms with Crippen LogP contribution < -0.4 is 5.56 Å². The van der Waals surface area contributed by atoms with Gasteiger partial charge in [-0.2, -0.15) is 0 Å². The molecule has 1 aromatic heterocycles. The summed E-state index contributed by atoms with van der Waals surface area (Å²) in [5, 5.41) is 19.6. The molecule has 0 aromatic carbocycles. The number of aliphatic hydroxyl groups is 2. The van der Waals surface area contributed by atoms with Gasteiger partial charge in [-0.1, -0.05) is 0 Å². The van der Waals surface area contributed by atoms with Gasteiger partial charge in [0.25, 0.3) is 5.56 Å². The van der Waals surface area contributed by atoms with Crippen molar-refractivity contribution in [2.24, 2.45) is 0 Å². The number of aromatic nitrogens is 2. The molecule has 0 spiro atoms. The van der Waals surface area contributed by atoms with Crippen LogP contribution in [0, 0.1) is 4.77 Å². The fraction of sp³-hybridized carbons (Fsp3) is 0.556. The minimum absolute atomic E-state index is 0.0264. The van der Waals surface area contributed by atoms with E-state index >= 15 is 0 Å². The standard InChI is InChI=1S/C9H12N2O4S/c1-9(14)5(12)4-15-7(9)11-3-2-6(13)10-8(11)16/h2-3,5,7,12,14H,4H2,1H3,(H,10,13,16)/t5-,7?,9?/m0/s1. The highest BCUT2D eigenvalue weighted by Crippen LogP contribution is 2.33. The molecule has 1 aliphatic rings. The molecule has 0 saturated carbocycles. The Kier molecular flexibility index (Phi) is 2.70. The van der Waals surface area contributed by atoms with Crippen LogP contribution in [-0.2, 0) is 4.74 Å². The van der Waals surface area contributed by atoms with E-state index in [1.54, 1.807) is 0 Å². The number of hydrogen-bond acceptors (Lipinski definition) is 5. The highest BCUT2D eigenvalue weighted by molar-refractivity contribution is 7.71. The first-order valence-corrected chi connectivity index (χ1v) is 5.17. The Hall–Kier alpha value is -1.02. The molecule has 7 heteroatoms. The van der Waals surface area contributed by atoms with E-state index in [0.29, 0.717) is 0 Å². The van der Waals surface area contributed by atoms with Crippen LogP contribution in [0.15, 0.2) is 17.1 Å². The molecule has 3 atom stereocenters. The van der Waals surface area contributed by atoms with Gasteiger partial charge in [-0.3, -0.25) is 14.3 Å². The van der Waals surface area contributed by atoms with Gasteiger partial charge < -0.3 is 14.9 Å². The number of hydrogen-bond donors (Lipinski definition) is 3. The Labute approximate surface area is 96.1 Å². The van der Waals surface area contributed by atoms with Gasteiger partial charge in [-0.25, -0.2) is 0 Å². The Bertz CT molecular complexity index is 507. The van der Waals surface area contributed by atoms with Crippen molar-refractivity contribution in [3.05, 3.63) is 27.4 Å². The second-order valence-corrected chi connectivity index (χ2v) is 4.33. The molecular formula is C9H12N2O4S. The predicted octanol–water partition coefficient (Wildman–Crippen LogP) is -0.453. The molecule has 1 saturated heterocycles. The van der Waals surface area contributed by atoms with E-state index in [4.69, 9.17) is 17.0 Å². The van der Waals surface area contributed by atoms with Crippen molar-refractivity contribution in [2.45, 2.75) is 24.9 Å². The first-order chi connectivity index (χ1) is 7.43. The number of nitrogens with zero attached hydrogens (tertiary/aromatic N) is 1. The molecule has 1 aromatic rings. The maximum Gasteiger partial charge on any atom is 0.251 e. The van der Waals surface area contributed by atoms with Gasteiger partial charge in [0, 0.05) is 12.3 Å². The maximum atomic E-state index is 11.0. The quantitative estimate of drug-likeness (QED) is 0.582. The second-order valence-electron chi connectivity index (χ2n) is 3.94. The number of ether oxygens (including phenoxy) is 1. The SMILES string of the molecule is CC1(O)C(n2ccc(=O)[nH]c2=S)OC[C@@H]1O. The zero-order valence-electron chi connectivity index (χ0n) is 8.58. The molecule has 1 fully saturated rings. The average Bonchev–Trinajstić information content (AvgIpc) is 2.44. The lowest BCUT2D eigenvalue weighted by Crippen LogP contribution is -2.42. The third-order valence-electron chi connectivity index (χ3n) is 2.69. The van der Waals surface area contributed by atoms with E-state index < -0.39 is 17.9 Å². The topological polar surface area (TPSA) is 87.5 Å². The highest BCUT2D eigenvalue weighted by atomic mass is 32.1. The molecule has 0 amide bonds. The molecular weight excluding hydrogens is 232 g/mol. The van der Waals surface area contributed by atoms with Gasteiger partial charge in [0.15, 0.2) is 11.0 Å². The lowest BCUT2D eigenvalue weighted by atomic mass is 10.0. The molecule has 1 aliphatic heterocycles. The first kappa shape index (κ1) is 11.5. The summed E-state index contributed by atoms with van der Waals surface area (Å²) < 4.78 is 6.82. The minimum Gasteiger partial charge on any atom is -0.388 e. The fourth-order valence-electron chi connectivity index (χ4n) is 1.66. The van der Waals surface area contributed by atoms with Crippen LogP contribution in [0.2, 0.25) is 0 Å². The molecule has 0 radical (unpaired) electrons. The summed E-state index contributed by atoms with van der Waals surface area (Å²) in [6, 6.07) is 1.28. The van der Waals surface area contributed by atoms with Crippen molar-refractivity contribution < 1.29 is 14.9 Å². The second kappa shape index (κ2) is 3.77. The third-order valence-corrected chi connectivity index (χ3v) is 3.00. The summed E-state index contributed by atoms with van der Waals surface area (Å²) in [7, 11) is 0. The lowest BCUT2D eigenvalue weighted by molar-refractivity contribution is -0.0949. The average molecular weight is 244 g/mol. The first-order valence-electron chi connectivity index (χ1n) is 4.76.